The Hall–Kier alpha value is -2.93. The van der Waals surface area contributed by atoms with Gasteiger partial charge in [0.15, 0.2) is 0 Å². The Kier molecular flexibility index (Phi) is 8.03. The molecule has 2 aliphatic heterocycles. The molecule has 0 bridgehead atoms. The van der Waals surface area contributed by atoms with Crippen LogP contribution in [0.4, 0.5) is 10.3 Å². The van der Waals surface area contributed by atoms with Gasteiger partial charge < -0.3 is 15.0 Å². The molecule has 0 aliphatic carbocycles. The highest BCUT2D eigenvalue weighted by Crippen LogP contribution is 2.27. The highest BCUT2D eigenvalue weighted by atomic mass is 79.9. The highest BCUT2D eigenvalue weighted by Gasteiger charge is 2.39. The van der Waals surface area contributed by atoms with Crippen LogP contribution in [0.15, 0.2) is 64.0 Å². The first-order valence-corrected chi connectivity index (χ1v) is 14.6. The minimum atomic E-state index is -3.94. The molecule has 2 aliphatic rings. The van der Waals surface area contributed by atoms with E-state index in [4.69, 9.17) is 14.7 Å². The lowest BCUT2D eigenvalue weighted by Crippen LogP contribution is -2.45. The number of hydrogen-bond acceptors (Lipinski definition) is 7. The molecule has 38 heavy (non-hydrogen) atoms. The van der Waals surface area contributed by atoms with Gasteiger partial charge in [0.2, 0.25) is 21.9 Å². The van der Waals surface area contributed by atoms with E-state index >= 15 is 0 Å². The van der Waals surface area contributed by atoms with Crippen LogP contribution in [0.25, 0.3) is 11.3 Å². The van der Waals surface area contributed by atoms with Gasteiger partial charge in [-0.3, -0.25) is 4.79 Å². The Morgan fingerprint density at radius 2 is 1.76 bits per heavy atom. The highest BCUT2D eigenvalue weighted by molar-refractivity contribution is 9.10. The third-order valence-corrected chi connectivity index (χ3v) is 9.02. The van der Waals surface area contributed by atoms with Crippen molar-refractivity contribution < 1.29 is 22.3 Å². The third kappa shape index (κ3) is 5.88. The van der Waals surface area contributed by atoms with Gasteiger partial charge in [-0.1, -0.05) is 28.1 Å². The molecule has 1 unspecified atom stereocenters. The van der Waals surface area contributed by atoms with Gasteiger partial charge in [-0.05, 0) is 55.3 Å². The zero-order valence-corrected chi connectivity index (χ0v) is 22.9. The smallest absolute Gasteiger partial charge is 0.243 e. The number of aromatic nitrogens is 2. The summed E-state index contributed by atoms with van der Waals surface area (Å²) in [4.78, 5) is 24.6. The number of anilines is 1. The van der Waals surface area contributed by atoms with E-state index in [-0.39, 0.29) is 18.0 Å². The van der Waals surface area contributed by atoms with Crippen LogP contribution in [0.3, 0.4) is 0 Å². The summed E-state index contributed by atoms with van der Waals surface area (Å²) < 4.78 is 47.3. The van der Waals surface area contributed by atoms with Crippen LogP contribution in [0, 0.1) is 5.82 Å². The number of ether oxygens (including phenoxy) is 1. The van der Waals surface area contributed by atoms with E-state index in [1.807, 2.05) is 35.2 Å². The number of halogens is 2. The van der Waals surface area contributed by atoms with Crippen molar-refractivity contribution in [3.05, 3.63) is 70.6 Å². The number of morpholine rings is 1. The predicted molar refractivity (Wildman–Crippen MR) is 143 cm³/mol. The van der Waals surface area contributed by atoms with E-state index in [2.05, 4.69) is 21.2 Å². The Bertz CT molecular complexity index is 1400. The van der Waals surface area contributed by atoms with Crippen molar-refractivity contribution >= 4 is 37.8 Å². The molecule has 0 radical (unpaired) electrons. The van der Waals surface area contributed by atoms with E-state index in [0.717, 1.165) is 27.9 Å². The van der Waals surface area contributed by atoms with Crippen molar-refractivity contribution in [2.24, 2.45) is 0 Å². The molecule has 3 aromatic rings. The molecule has 1 amide bonds. The summed E-state index contributed by atoms with van der Waals surface area (Å²) in [7, 11) is -3.94. The van der Waals surface area contributed by atoms with Gasteiger partial charge in [0.05, 0.1) is 36.0 Å². The number of hydrogen-bond donors (Lipinski definition) is 1. The lowest BCUT2D eigenvalue weighted by molar-refractivity contribution is -0.124. The maximum absolute atomic E-state index is 13.3. The summed E-state index contributed by atoms with van der Waals surface area (Å²) >= 11 is 3.45. The second-order valence-electron chi connectivity index (χ2n) is 9.10. The second-order valence-corrected chi connectivity index (χ2v) is 11.9. The molecule has 3 heterocycles. The van der Waals surface area contributed by atoms with Crippen molar-refractivity contribution in [1.29, 1.82) is 0 Å². The monoisotopic (exact) mass is 603 g/mol. The van der Waals surface area contributed by atoms with Crippen molar-refractivity contribution in [1.82, 2.24) is 19.6 Å². The van der Waals surface area contributed by atoms with Gasteiger partial charge in [0.25, 0.3) is 0 Å². The molecule has 2 fully saturated rings. The number of benzene rings is 2. The molecule has 200 valence electrons. The standard InChI is InChI=1S/C26H27BrFN5O4S/c27-19-5-3-18(4-6-19)23-16-21(30-26(31-23)32-12-14-37-15-13-32)17-29-25(34)24-2-1-11-33(24)38(35,36)22-9-7-20(28)8-10-22/h3-10,16,24H,1-2,11-15,17H2,(H,29,34). The van der Waals surface area contributed by atoms with Gasteiger partial charge >= 0.3 is 0 Å². The zero-order chi connectivity index (χ0) is 26.7. The molecule has 2 aromatic carbocycles. The minimum Gasteiger partial charge on any atom is -0.378 e. The molecule has 2 saturated heterocycles. The quantitative estimate of drug-likeness (QED) is 0.441. The molecule has 0 spiro atoms. The number of nitrogens with zero attached hydrogens (tertiary/aromatic N) is 4. The molecular formula is C26H27BrFN5O4S. The SMILES string of the molecule is O=C(NCc1cc(-c2ccc(Br)cc2)nc(N2CCOCC2)n1)C1CCCN1S(=O)(=O)c1ccc(F)cc1. The summed E-state index contributed by atoms with van der Waals surface area (Å²) in [5.74, 6) is -0.368. The molecule has 12 heteroatoms. The third-order valence-electron chi connectivity index (χ3n) is 6.57. The van der Waals surface area contributed by atoms with E-state index in [1.54, 1.807) is 0 Å². The van der Waals surface area contributed by atoms with E-state index in [9.17, 15) is 17.6 Å². The maximum atomic E-state index is 13.3. The van der Waals surface area contributed by atoms with Gasteiger partial charge in [-0.25, -0.2) is 22.8 Å². The fourth-order valence-corrected chi connectivity index (χ4v) is 6.50. The molecule has 9 nitrogen and oxygen atoms in total. The second kappa shape index (κ2) is 11.4. The number of amides is 1. The van der Waals surface area contributed by atoms with Crippen LogP contribution in [0.1, 0.15) is 18.5 Å². The molecule has 1 N–H and O–H groups in total. The van der Waals surface area contributed by atoms with Gasteiger partial charge in [0, 0.05) is 29.7 Å². The van der Waals surface area contributed by atoms with Gasteiger partial charge in [-0.2, -0.15) is 4.31 Å². The topological polar surface area (TPSA) is 105 Å². The van der Waals surface area contributed by atoms with E-state index in [1.165, 1.54) is 16.4 Å². The Morgan fingerprint density at radius 3 is 2.47 bits per heavy atom. The van der Waals surface area contributed by atoms with Crippen molar-refractivity contribution in [3.63, 3.8) is 0 Å². The normalized spacial score (nSPS) is 18.5. The summed E-state index contributed by atoms with van der Waals surface area (Å²) in [5.41, 5.74) is 2.24. The average molecular weight is 605 g/mol. The minimum absolute atomic E-state index is 0.0382. The fourth-order valence-electron chi connectivity index (χ4n) is 4.57. The predicted octanol–water partition coefficient (Wildman–Crippen LogP) is 3.35. The summed E-state index contributed by atoms with van der Waals surface area (Å²) in [6, 6.07) is 13.4. The van der Waals surface area contributed by atoms with Crippen LogP contribution in [-0.2, 0) is 26.1 Å². The first-order chi connectivity index (χ1) is 18.3. The number of carbonyl (C=O) groups excluding carboxylic acids is 1. The lowest BCUT2D eigenvalue weighted by Gasteiger charge is -2.27. The van der Waals surface area contributed by atoms with E-state index in [0.29, 0.717) is 50.8 Å². The fraction of sp³-hybridized carbons (Fsp3) is 0.346. The Morgan fingerprint density at radius 1 is 1.05 bits per heavy atom. The van der Waals surface area contributed by atoms with Crippen molar-refractivity contribution in [2.45, 2.75) is 30.3 Å². The summed E-state index contributed by atoms with van der Waals surface area (Å²) in [5, 5.41) is 2.88. The number of sulfonamides is 1. The maximum Gasteiger partial charge on any atom is 0.243 e. The van der Waals surface area contributed by atoms with Crippen LogP contribution < -0.4 is 10.2 Å². The molecule has 1 atom stereocenters. The summed E-state index contributed by atoms with van der Waals surface area (Å²) in [6.45, 7) is 2.82. The van der Waals surface area contributed by atoms with Crippen LogP contribution in [-0.4, -0.2) is 67.5 Å². The van der Waals surface area contributed by atoms with Gasteiger partial charge in [0.1, 0.15) is 11.9 Å². The number of carbonyl (C=O) groups is 1. The van der Waals surface area contributed by atoms with Crippen molar-refractivity contribution in [2.75, 3.05) is 37.7 Å². The molecule has 5 rings (SSSR count). The average Bonchev–Trinajstić information content (AvgIpc) is 3.44. The van der Waals surface area contributed by atoms with E-state index < -0.39 is 27.8 Å². The van der Waals surface area contributed by atoms with Gasteiger partial charge in [-0.15, -0.1) is 0 Å². The van der Waals surface area contributed by atoms with Crippen molar-refractivity contribution in [3.8, 4) is 11.3 Å². The number of rotatable bonds is 7. The van der Waals surface area contributed by atoms with Crippen LogP contribution in [0.5, 0.6) is 0 Å². The Labute approximate surface area is 229 Å². The Balaban J connectivity index is 1.35. The van der Waals surface area contributed by atoms with Crippen LogP contribution in [0.2, 0.25) is 0 Å². The molecule has 1 aromatic heterocycles. The molecular weight excluding hydrogens is 577 g/mol. The first-order valence-electron chi connectivity index (χ1n) is 12.3. The zero-order valence-electron chi connectivity index (χ0n) is 20.5. The first kappa shape index (κ1) is 26.7. The lowest BCUT2D eigenvalue weighted by atomic mass is 10.1. The largest absolute Gasteiger partial charge is 0.378 e. The summed E-state index contributed by atoms with van der Waals surface area (Å²) in [6.07, 6.45) is 0.958. The molecule has 0 saturated carbocycles. The van der Waals surface area contributed by atoms with Crippen LogP contribution >= 0.6 is 15.9 Å². The number of nitrogens with one attached hydrogen (secondary N) is 1.